The third-order valence-electron chi connectivity index (χ3n) is 5.26. The van der Waals surface area contributed by atoms with Crippen LogP contribution in [0.2, 0.25) is 0 Å². The Hall–Kier alpha value is -4.00. The molecule has 0 atom stereocenters. The number of carboxylic acids is 1. The third-order valence-corrected chi connectivity index (χ3v) is 5.26. The second kappa shape index (κ2) is 8.86. The van der Waals surface area contributed by atoms with E-state index in [9.17, 15) is 14.7 Å². The van der Waals surface area contributed by atoms with Crippen molar-refractivity contribution in [1.82, 2.24) is 4.57 Å². The molecule has 1 N–H and O–H groups in total. The highest BCUT2D eigenvalue weighted by molar-refractivity contribution is 6.08. The summed E-state index contributed by atoms with van der Waals surface area (Å²) in [4.78, 5) is 24.4. The van der Waals surface area contributed by atoms with E-state index in [1.165, 1.54) is 13.8 Å². The average Bonchev–Trinajstić information content (AvgIpc) is 3.38. The maximum atomic E-state index is 13.1. The zero-order valence-corrected chi connectivity index (χ0v) is 18.7. The van der Waals surface area contributed by atoms with E-state index >= 15 is 0 Å². The van der Waals surface area contributed by atoms with Gasteiger partial charge in [0.2, 0.25) is 12.6 Å². The van der Waals surface area contributed by atoms with Gasteiger partial charge in [-0.1, -0.05) is 24.3 Å². The van der Waals surface area contributed by atoms with Crippen molar-refractivity contribution in [2.24, 2.45) is 0 Å². The number of ketones is 1. The van der Waals surface area contributed by atoms with Crippen molar-refractivity contribution in [3.63, 3.8) is 0 Å². The highest BCUT2D eigenvalue weighted by Crippen LogP contribution is 2.33. The van der Waals surface area contributed by atoms with Crippen molar-refractivity contribution in [3.05, 3.63) is 83.2 Å². The quantitative estimate of drug-likeness (QED) is 0.503. The molecule has 0 fully saturated rings. The first kappa shape index (κ1) is 22.2. The van der Waals surface area contributed by atoms with Crippen LogP contribution in [0.25, 0.3) is 6.08 Å². The van der Waals surface area contributed by atoms with Crippen molar-refractivity contribution in [2.45, 2.75) is 32.9 Å². The summed E-state index contributed by atoms with van der Waals surface area (Å²) in [5.41, 5.74) is 1.64. The van der Waals surface area contributed by atoms with E-state index in [4.69, 9.17) is 14.2 Å². The van der Waals surface area contributed by atoms with Crippen molar-refractivity contribution < 1.29 is 28.9 Å². The van der Waals surface area contributed by atoms with Gasteiger partial charge in [-0.3, -0.25) is 4.79 Å². The number of fused-ring (bicyclic) bond motifs is 1. The lowest BCUT2D eigenvalue weighted by Gasteiger charge is -2.21. The molecule has 1 aliphatic heterocycles. The van der Waals surface area contributed by atoms with Crippen LogP contribution < -0.4 is 14.2 Å². The van der Waals surface area contributed by atoms with E-state index in [1.54, 1.807) is 36.4 Å². The first-order valence-corrected chi connectivity index (χ1v) is 10.5. The van der Waals surface area contributed by atoms with Gasteiger partial charge >= 0.3 is 5.97 Å². The van der Waals surface area contributed by atoms with Gasteiger partial charge in [0, 0.05) is 18.3 Å². The van der Waals surface area contributed by atoms with Gasteiger partial charge in [0.15, 0.2) is 17.1 Å². The van der Waals surface area contributed by atoms with Crippen molar-refractivity contribution >= 4 is 17.8 Å². The van der Waals surface area contributed by atoms with Crippen LogP contribution in [0, 0.1) is 6.92 Å². The maximum Gasteiger partial charge on any atom is 0.347 e. The van der Waals surface area contributed by atoms with Crippen LogP contribution >= 0.6 is 0 Å². The summed E-state index contributed by atoms with van der Waals surface area (Å²) in [5.74, 6) is 0.551. The fourth-order valence-corrected chi connectivity index (χ4v) is 3.51. The zero-order valence-electron chi connectivity index (χ0n) is 18.7. The minimum absolute atomic E-state index is 0.0962. The molecule has 0 aliphatic carbocycles. The number of nitrogens with zero attached hydrogens (tertiary/aromatic N) is 1. The molecule has 4 rings (SSSR count). The van der Waals surface area contributed by atoms with Crippen LogP contribution in [-0.2, 0) is 11.3 Å². The number of carbonyl (C=O) groups is 2. The summed E-state index contributed by atoms with van der Waals surface area (Å²) >= 11 is 0. The first-order chi connectivity index (χ1) is 15.7. The van der Waals surface area contributed by atoms with Gasteiger partial charge in [-0.25, -0.2) is 4.79 Å². The lowest BCUT2D eigenvalue weighted by atomic mass is 10.1. The highest BCUT2D eigenvalue weighted by atomic mass is 16.7. The highest BCUT2D eigenvalue weighted by Gasteiger charge is 2.29. The molecule has 0 saturated carbocycles. The molecule has 0 bridgehead atoms. The molecule has 1 aliphatic rings. The number of hydrogen-bond donors (Lipinski definition) is 1. The van der Waals surface area contributed by atoms with E-state index in [-0.39, 0.29) is 12.6 Å². The van der Waals surface area contributed by atoms with Crippen molar-refractivity contribution in [1.29, 1.82) is 0 Å². The second-order valence-electron chi connectivity index (χ2n) is 8.34. The molecule has 0 amide bonds. The van der Waals surface area contributed by atoms with Gasteiger partial charge in [0.05, 0.1) is 5.69 Å². The number of allylic oxidation sites excluding steroid dienone is 1. The lowest BCUT2D eigenvalue weighted by molar-refractivity contribution is -0.152. The van der Waals surface area contributed by atoms with Crippen LogP contribution in [-0.4, -0.2) is 33.8 Å². The lowest BCUT2D eigenvalue weighted by Crippen LogP contribution is -2.37. The molecular weight excluding hydrogens is 422 g/mol. The smallest absolute Gasteiger partial charge is 0.347 e. The fourth-order valence-electron chi connectivity index (χ4n) is 3.51. The molecule has 33 heavy (non-hydrogen) atoms. The predicted octanol–water partition coefficient (Wildman–Crippen LogP) is 4.71. The number of aryl methyl sites for hydroxylation is 1. The summed E-state index contributed by atoms with van der Waals surface area (Å²) in [5, 5.41) is 9.26. The molecule has 0 spiro atoms. The van der Waals surface area contributed by atoms with Gasteiger partial charge in [0.1, 0.15) is 5.75 Å². The second-order valence-corrected chi connectivity index (χ2v) is 8.34. The summed E-state index contributed by atoms with van der Waals surface area (Å²) < 4.78 is 18.2. The van der Waals surface area contributed by atoms with Crippen molar-refractivity contribution in [3.8, 4) is 17.2 Å². The van der Waals surface area contributed by atoms with Gasteiger partial charge in [-0.15, -0.1) is 0 Å². The molecule has 170 valence electrons. The minimum atomic E-state index is -1.32. The SMILES string of the molecule is Cc1cc(C(=O)c2ccc3c(c2)OCO3)n(C/C=C/c2cccc(OC(C)(C)C(=O)O)c2)c1. The molecular formula is C26H25NO6. The van der Waals surface area contributed by atoms with Gasteiger partial charge < -0.3 is 23.9 Å². The Kier molecular flexibility index (Phi) is 5.96. The number of aliphatic carboxylic acids is 1. The van der Waals surface area contributed by atoms with E-state index in [2.05, 4.69) is 0 Å². The Morgan fingerprint density at radius 3 is 2.70 bits per heavy atom. The van der Waals surface area contributed by atoms with Crippen LogP contribution in [0.1, 0.15) is 41.0 Å². The topological polar surface area (TPSA) is 87.0 Å². The predicted molar refractivity (Wildman–Crippen MR) is 123 cm³/mol. The molecule has 0 saturated heterocycles. The first-order valence-electron chi connectivity index (χ1n) is 10.5. The molecule has 1 aromatic heterocycles. The van der Waals surface area contributed by atoms with Crippen LogP contribution in [0.4, 0.5) is 0 Å². The molecule has 2 heterocycles. The molecule has 2 aromatic carbocycles. The number of aromatic nitrogens is 1. The largest absolute Gasteiger partial charge is 0.478 e. The fraction of sp³-hybridized carbons (Fsp3) is 0.231. The van der Waals surface area contributed by atoms with Crippen molar-refractivity contribution in [2.75, 3.05) is 6.79 Å². The van der Waals surface area contributed by atoms with Crippen LogP contribution in [0.5, 0.6) is 17.2 Å². The number of carboxylic acid groups (broad SMARTS) is 1. The zero-order chi connectivity index (χ0) is 23.6. The standard InChI is InChI=1S/C26H25NO6/c1-17-12-21(24(28)19-9-10-22-23(14-19)32-16-31-22)27(15-17)11-5-7-18-6-4-8-20(13-18)33-26(2,3)25(29)30/h4-10,12-15H,11,16H2,1-3H3,(H,29,30)/b7-5+. The normalized spacial score (nSPS) is 12.8. The van der Waals surface area contributed by atoms with Gasteiger partial charge in [0.25, 0.3) is 0 Å². The van der Waals surface area contributed by atoms with E-state index in [0.29, 0.717) is 35.1 Å². The number of benzene rings is 2. The molecule has 3 aromatic rings. The Morgan fingerprint density at radius 2 is 1.91 bits per heavy atom. The Morgan fingerprint density at radius 1 is 1.12 bits per heavy atom. The van der Waals surface area contributed by atoms with Crippen LogP contribution in [0.3, 0.4) is 0 Å². The van der Waals surface area contributed by atoms with E-state index in [1.807, 2.05) is 42.0 Å². The minimum Gasteiger partial charge on any atom is -0.478 e. The Bertz CT molecular complexity index is 1240. The summed E-state index contributed by atoms with van der Waals surface area (Å²) in [6.45, 7) is 5.61. The Labute approximate surface area is 191 Å². The molecule has 0 unspecified atom stereocenters. The maximum absolute atomic E-state index is 13.1. The number of rotatable bonds is 8. The monoisotopic (exact) mass is 447 g/mol. The number of hydrogen-bond acceptors (Lipinski definition) is 5. The summed E-state index contributed by atoms with van der Waals surface area (Å²) in [6, 6.07) is 14.3. The Balaban J connectivity index is 1.49. The molecule has 7 nitrogen and oxygen atoms in total. The average molecular weight is 447 g/mol. The van der Waals surface area contributed by atoms with Crippen LogP contribution in [0.15, 0.2) is 60.8 Å². The molecule has 7 heteroatoms. The third kappa shape index (κ3) is 4.92. The van der Waals surface area contributed by atoms with E-state index < -0.39 is 11.6 Å². The van der Waals surface area contributed by atoms with Gasteiger partial charge in [-0.05, 0) is 68.3 Å². The summed E-state index contributed by atoms with van der Waals surface area (Å²) in [7, 11) is 0. The van der Waals surface area contributed by atoms with Gasteiger partial charge in [-0.2, -0.15) is 0 Å². The van der Waals surface area contributed by atoms with E-state index in [0.717, 1.165) is 11.1 Å². The number of ether oxygens (including phenoxy) is 3. The number of carbonyl (C=O) groups excluding carboxylic acids is 1. The summed E-state index contributed by atoms with van der Waals surface area (Å²) in [6.07, 6.45) is 5.78. The molecule has 0 radical (unpaired) electrons.